The molecule has 0 radical (unpaired) electrons. The van der Waals surface area contributed by atoms with E-state index in [0.717, 1.165) is 5.56 Å². The predicted octanol–water partition coefficient (Wildman–Crippen LogP) is 5.41. The minimum atomic E-state index is -0.0605. The summed E-state index contributed by atoms with van der Waals surface area (Å²) < 4.78 is 12.0. The Labute approximate surface area is 153 Å². The summed E-state index contributed by atoms with van der Waals surface area (Å²) in [6.07, 6.45) is 0.408. The highest BCUT2D eigenvalue weighted by Crippen LogP contribution is 2.35. The summed E-state index contributed by atoms with van der Waals surface area (Å²) in [4.78, 5) is 11.7. The fraction of sp³-hybridized carbons (Fsp3) is 0.136. The van der Waals surface area contributed by atoms with Gasteiger partial charge >= 0.3 is 0 Å². The number of carbonyl (C=O) groups is 1. The average molecular weight is 347 g/mol. The van der Waals surface area contributed by atoms with Gasteiger partial charge in [0.1, 0.15) is 6.61 Å². The van der Waals surface area contributed by atoms with Crippen LogP contribution in [0.4, 0.5) is 5.69 Å². The third kappa shape index (κ3) is 4.63. The van der Waals surface area contributed by atoms with E-state index in [0.29, 0.717) is 36.0 Å². The van der Waals surface area contributed by atoms with Crippen molar-refractivity contribution in [2.24, 2.45) is 0 Å². The van der Waals surface area contributed by atoms with Crippen molar-refractivity contribution in [1.29, 1.82) is 0 Å². The van der Waals surface area contributed by atoms with Crippen molar-refractivity contribution < 1.29 is 14.3 Å². The molecule has 3 aromatic rings. The molecular formula is C22H21NO3. The molecule has 3 aromatic carbocycles. The molecule has 0 unspecified atom stereocenters. The van der Waals surface area contributed by atoms with Gasteiger partial charge in [0.15, 0.2) is 17.2 Å². The summed E-state index contributed by atoms with van der Waals surface area (Å²) in [5.41, 5.74) is 1.72. The summed E-state index contributed by atoms with van der Waals surface area (Å²) in [6.45, 7) is 2.26. The maximum Gasteiger partial charge on any atom is 0.224 e. The van der Waals surface area contributed by atoms with Crippen LogP contribution in [0.3, 0.4) is 0 Å². The fourth-order valence-electron chi connectivity index (χ4n) is 2.41. The van der Waals surface area contributed by atoms with E-state index in [-0.39, 0.29) is 5.91 Å². The Morgan fingerprint density at radius 2 is 1.42 bits per heavy atom. The molecule has 0 fully saturated rings. The Bertz CT molecular complexity index is 862. The molecule has 0 atom stereocenters. The Hall–Kier alpha value is -3.27. The molecule has 1 amide bonds. The average Bonchev–Trinajstić information content (AvgIpc) is 2.69. The first-order valence-corrected chi connectivity index (χ1v) is 8.58. The minimum Gasteiger partial charge on any atom is -0.485 e. The quantitative estimate of drug-likeness (QED) is 0.622. The first-order valence-electron chi connectivity index (χ1n) is 8.58. The van der Waals surface area contributed by atoms with Gasteiger partial charge in [0.25, 0.3) is 0 Å². The van der Waals surface area contributed by atoms with E-state index in [1.807, 2.05) is 85.8 Å². The van der Waals surface area contributed by atoms with Crippen LogP contribution in [0.2, 0.25) is 0 Å². The maximum atomic E-state index is 11.7. The Morgan fingerprint density at radius 1 is 0.808 bits per heavy atom. The number of hydrogen-bond donors (Lipinski definition) is 1. The van der Waals surface area contributed by atoms with Gasteiger partial charge in [-0.25, -0.2) is 0 Å². The second-order valence-electron chi connectivity index (χ2n) is 5.72. The van der Waals surface area contributed by atoms with Gasteiger partial charge in [0, 0.05) is 6.42 Å². The molecule has 26 heavy (non-hydrogen) atoms. The van der Waals surface area contributed by atoms with Crippen LogP contribution in [-0.2, 0) is 11.4 Å². The molecule has 0 aliphatic carbocycles. The Kier molecular flexibility index (Phi) is 5.88. The number of anilines is 1. The lowest BCUT2D eigenvalue weighted by molar-refractivity contribution is -0.115. The Morgan fingerprint density at radius 3 is 2.15 bits per heavy atom. The number of nitrogens with one attached hydrogen (secondary N) is 1. The molecule has 0 saturated carbocycles. The molecule has 0 aliphatic heterocycles. The van der Waals surface area contributed by atoms with Crippen LogP contribution in [0.25, 0.3) is 0 Å². The molecule has 0 spiro atoms. The Balaban J connectivity index is 1.77. The molecule has 0 bridgehead atoms. The van der Waals surface area contributed by atoms with Crippen molar-refractivity contribution in [3.05, 3.63) is 84.4 Å². The largest absolute Gasteiger partial charge is 0.485 e. The lowest BCUT2D eigenvalue weighted by atomic mass is 10.2. The van der Waals surface area contributed by atoms with Crippen molar-refractivity contribution in [2.75, 3.05) is 5.32 Å². The van der Waals surface area contributed by atoms with E-state index in [2.05, 4.69) is 5.32 Å². The number of rotatable bonds is 7. The van der Waals surface area contributed by atoms with Crippen molar-refractivity contribution >= 4 is 11.6 Å². The van der Waals surface area contributed by atoms with E-state index in [9.17, 15) is 4.79 Å². The highest BCUT2D eigenvalue weighted by Gasteiger charge is 2.10. The van der Waals surface area contributed by atoms with Gasteiger partial charge in [-0.2, -0.15) is 0 Å². The van der Waals surface area contributed by atoms with E-state index in [1.54, 1.807) is 0 Å². The van der Waals surface area contributed by atoms with Gasteiger partial charge in [-0.3, -0.25) is 4.79 Å². The number of hydrogen-bond acceptors (Lipinski definition) is 3. The van der Waals surface area contributed by atoms with E-state index in [4.69, 9.17) is 9.47 Å². The topological polar surface area (TPSA) is 47.6 Å². The normalized spacial score (nSPS) is 10.2. The number of amides is 1. The zero-order valence-corrected chi connectivity index (χ0v) is 14.6. The SMILES string of the molecule is CCC(=O)Nc1ccccc1Oc1ccccc1OCc1ccccc1. The lowest BCUT2D eigenvalue weighted by Crippen LogP contribution is -2.10. The summed E-state index contributed by atoms with van der Waals surface area (Å²) in [5.74, 6) is 1.76. The van der Waals surface area contributed by atoms with Crippen LogP contribution < -0.4 is 14.8 Å². The number of ether oxygens (including phenoxy) is 2. The summed E-state index contributed by atoms with van der Waals surface area (Å²) in [6, 6.07) is 24.8. The fourth-order valence-corrected chi connectivity index (χ4v) is 2.41. The number of para-hydroxylation sites is 4. The molecule has 4 heteroatoms. The summed E-state index contributed by atoms with van der Waals surface area (Å²) >= 11 is 0. The van der Waals surface area contributed by atoms with E-state index < -0.39 is 0 Å². The van der Waals surface area contributed by atoms with Gasteiger partial charge in [-0.05, 0) is 29.8 Å². The molecule has 0 heterocycles. The van der Waals surface area contributed by atoms with Crippen molar-refractivity contribution in [1.82, 2.24) is 0 Å². The molecule has 4 nitrogen and oxygen atoms in total. The smallest absolute Gasteiger partial charge is 0.224 e. The third-order valence-electron chi connectivity index (χ3n) is 3.79. The van der Waals surface area contributed by atoms with Gasteiger partial charge in [-0.1, -0.05) is 61.5 Å². The molecule has 132 valence electrons. The molecule has 1 N–H and O–H groups in total. The second kappa shape index (κ2) is 8.72. The van der Waals surface area contributed by atoms with Crippen molar-refractivity contribution in [2.45, 2.75) is 20.0 Å². The maximum absolute atomic E-state index is 11.7. The third-order valence-corrected chi connectivity index (χ3v) is 3.79. The second-order valence-corrected chi connectivity index (χ2v) is 5.72. The monoisotopic (exact) mass is 347 g/mol. The highest BCUT2D eigenvalue weighted by atomic mass is 16.5. The van der Waals surface area contributed by atoms with Crippen LogP contribution in [0.1, 0.15) is 18.9 Å². The van der Waals surface area contributed by atoms with Crippen LogP contribution >= 0.6 is 0 Å². The summed E-state index contributed by atoms with van der Waals surface area (Å²) in [7, 11) is 0. The summed E-state index contributed by atoms with van der Waals surface area (Å²) in [5, 5.41) is 2.85. The number of benzene rings is 3. The van der Waals surface area contributed by atoms with E-state index in [1.165, 1.54) is 0 Å². The first-order chi connectivity index (χ1) is 12.8. The van der Waals surface area contributed by atoms with E-state index >= 15 is 0 Å². The first kappa shape index (κ1) is 17.5. The zero-order chi connectivity index (χ0) is 18.2. The van der Waals surface area contributed by atoms with Gasteiger partial charge in [-0.15, -0.1) is 0 Å². The highest BCUT2D eigenvalue weighted by molar-refractivity contribution is 5.92. The molecule has 0 saturated heterocycles. The molecule has 0 aliphatic rings. The lowest BCUT2D eigenvalue weighted by Gasteiger charge is -2.15. The van der Waals surface area contributed by atoms with Crippen LogP contribution in [0.15, 0.2) is 78.9 Å². The van der Waals surface area contributed by atoms with Crippen molar-refractivity contribution in [3.8, 4) is 17.2 Å². The molecule has 0 aromatic heterocycles. The minimum absolute atomic E-state index is 0.0605. The van der Waals surface area contributed by atoms with Gasteiger partial charge in [0.2, 0.25) is 5.91 Å². The van der Waals surface area contributed by atoms with Gasteiger partial charge in [0.05, 0.1) is 5.69 Å². The molecule has 3 rings (SSSR count). The van der Waals surface area contributed by atoms with Crippen LogP contribution in [0, 0.1) is 0 Å². The zero-order valence-electron chi connectivity index (χ0n) is 14.6. The number of carbonyl (C=O) groups excluding carboxylic acids is 1. The predicted molar refractivity (Wildman–Crippen MR) is 103 cm³/mol. The standard InChI is InChI=1S/C22H21NO3/c1-2-22(24)23-18-12-6-7-13-19(18)26-21-15-9-8-14-20(21)25-16-17-10-4-3-5-11-17/h3-15H,2,16H2,1H3,(H,23,24). The van der Waals surface area contributed by atoms with Crippen molar-refractivity contribution in [3.63, 3.8) is 0 Å². The van der Waals surface area contributed by atoms with Crippen LogP contribution in [0.5, 0.6) is 17.2 Å². The van der Waals surface area contributed by atoms with Gasteiger partial charge < -0.3 is 14.8 Å². The molecular weight excluding hydrogens is 326 g/mol. The van der Waals surface area contributed by atoms with Crippen LogP contribution in [-0.4, -0.2) is 5.91 Å².